The first kappa shape index (κ1) is 22.0. The monoisotopic (exact) mass is 458 g/mol. The van der Waals surface area contributed by atoms with Crippen molar-refractivity contribution in [1.29, 1.82) is 0 Å². The lowest BCUT2D eigenvalue weighted by Crippen LogP contribution is -2.32. The summed E-state index contributed by atoms with van der Waals surface area (Å²) in [4.78, 5) is 23.9. The number of esters is 1. The number of aromatic nitrogens is 1. The van der Waals surface area contributed by atoms with Crippen molar-refractivity contribution in [3.8, 4) is 0 Å². The van der Waals surface area contributed by atoms with Crippen molar-refractivity contribution in [2.45, 2.75) is 44.0 Å². The molecule has 1 aliphatic rings. The van der Waals surface area contributed by atoms with Gasteiger partial charge in [0.2, 0.25) is 10.0 Å². The minimum Gasteiger partial charge on any atom is -0.460 e. The number of carbonyl (C=O) groups excluding carboxylic acids is 1. The summed E-state index contributed by atoms with van der Waals surface area (Å²) in [7, 11) is -3.79. The van der Waals surface area contributed by atoms with Crippen LogP contribution < -0.4 is 4.87 Å². The first-order chi connectivity index (χ1) is 13.8. The molecule has 1 fully saturated rings. The van der Waals surface area contributed by atoms with Crippen LogP contribution in [0.25, 0.3) is 0 Å². The molecule has 0 unspecified atom stereocenters. The number of sulfonamides is 1. The van der Waals surface area contributed by atoms with E-state index >= 15 is 0 Å². The van der Waals surface area contributed by atoms with Crippen LogP contribution in [-0.4, -0.2) is 43.0 Å². The topological polar surface area (TPSA) is 85.7 Å². The van der Waals surface area contributed by atoms with Crippen molar-refractivity contribution in [1.82, 2.24) is 8.87 Å². The predicted octanol–water partition coefficient (Wildman–Crippen LogP) is 3.29. The third-order valence-corrected chi connectivity index (χ3v) is 8.14. The van der Waals surface area contributed by atoms with Gasteiger partial charge in [-0.15, -0.1) is 0 Å². The third-order valence-electron chi connectivity index (χ3n) is 4.87. The Balaban J connectivity index is 1.74. The number of benzene rings is 1. The van der Waals surface area contributed by atoms with Gasteiger partial charge in [0.15, 0.2) is 0 Å². The van der Waals surface area contributed by atoms with E-state index < -0.39 is 16.0 Å². The number of thiazole rings is 1. The van der Waals surface area contributed by atoms with Gasteiger partial charge >= 0.3 is 10.8 Å². The maximum Gasteiger partial charge on any atom is 0.338 e. The number of carbonyl (C=O) groups is 1. The molecule has 0 aliphatic carbocycles. The van der Waals surface area contributed by atoms with Gasteiger partial charge in [0, 0.05) is 24.2 Å². The van der Waals surface area contributed by atoms with Gasteiger partial charge < -0.3 is 4.74 Å². The van der Waals surface area contributed by atoms with E-state index in [4.69, 9.17) is 16.3 Å². The second-order valence-electron chi connectivity index (χ2n) is 6.89. The van der Waals surface area contributed by atoms with E-state index in [2.05, 4.69) is 0 Å². The van der Waals surface area contributed by atoms with Gasteiger partial charge in [0.1, 0.15) is 11.5 Å². The summed E-state index contributed by atoms with van der Waals surface area (Å²) in [5.41, 5.74) is 0.908. The number of hydrogen-bond acceptors (Lipinski definition) is 6. The van der Waals surface area contributed by atoms with E-state index in [1.165, 1.54) is 27.1 Å². The lowest BCUT2D eigenvalue weighted by Gasteiger charge is -2.21. The molecule has 3 rings (SSSR count). The molecular weight excluding hydrogens is 436 g/mol. The maximum absolute atomic E-state index is 13.0. The number of nitrogens with zero attached hydrogens (tertiary/aromatic N) is 2. The minimum absolute atomic E-state index is 0.00709. The highest BCUT2D eigenvalue weighted by Crippen LogP contribution is 2.28. The van der Waals surface area contributed by atoms with Crippen molar-refractivity contribution in [3.05, 3.63) is 49.5 Å². The highest BCUT2D eigenvalue weighted by Gasteiger charge is 2.28. The lowest BCUT2D eigenvalue weighted by molar-refractivity contribution is 0.0490. The van der Waals surface area contributed by atoms with Gasteiger partial charge in [0.05, 0.1) is 17.1 Å². The molecule has 29 heavy (non-hydrogen) atoms. The fraction of sp³-hybridized carbons (Fsp3) is 0.474. The first-order valence-electron chi connectivity index (χ1n) is 9.42. The molecule has 1 aliphatic heterocycles. The Bertz CT molecular complexity index is 1040. The molecular formula is C19H23ClN2O5S2. The Morgan fingerprint density at radius 2 is 1.90 bits per heavy atom. The number of halogens is 1. The highest BCUT2D eigenvalue weighted by molar-refractivity contribution is 7.89. The highest BCUT2D eigenvalue weighted by atomic mass is 35.5. The van der Waals surface area contributed by atoms with E-state index in [1.807, 2.05) is 0 Å². The van der Waals surface area contributed by atoms with E-state index in [-0.39, 0.29) is 33.5 Å². The Hall–Kier alpha value is -1.68. The molecule has 158 valence electrons. The summed E-state index contributed by atoms with van der Waals surface area (Å²) in [6.45, 7) is 2.95. The summed E-state index contributed by atoms with van der Waals surface area (Å²) >= 11 is 7.25. The molecule has 0 atom stereocenters. The minimum atomic E-state index is -3.79. The fourth-order valence-corrected chi connectivity index (χ4v) is 6.02. The van der Waals surface area contributed by atoms with Crippen LogP contribution in [0.4, 0.5) is 0 Å². The summed E-state index contributed by atoms with van der Waals surface area (Å²) < 4.78 is 34.3. The number of ether oxygens (including phenoxy) is 1. The molecule has 0 bridgehead atoms. The van der Waals surface area contributed by atoms with Crippen LogP contribution in [0.5, 0.6) is 0 Å². The van der Waals surface area contributed by atoms with Gasteiger partial charge in [-0.25, -0.2) is 13.2 Å². The zero-order chi connectivity index (χ0) is 21.0. The van der Waals surface area contributed by atoms with E-state index in [9.17, 15) is 18.0 Å². The Morgan fingerprint density at radius 3 is 2.52 bits per heavy atom. The Labute approximate surface area is 178 Å². The van der Waals surface area contributed by atoms with Gasteiger partial charge in [-0.3, -0.25) is 9.36 Å². The van der Waals surface area contributed by atoms with Gasteiger partial charge in [-0.05, 0) is 38.0 Å². The van der Waals surface area contributed by atoms with Crippen LogP contribution in [0.1, 0.15) is 41.7 Å². The predicted molar refractivity (Wildman–Crippen MR) is 112 cm³/mol. The largest absolute Gasteiger partial charge is 0.460 e. The van der Waals surface area contributed by atoms with Crippen molar-refractivity contribution in [2.24, 2.45) is 0 Å². The number of hydrogen-bond donors (Lipinski definition) is 0. The fourth-order valence-electron chi connectivity index (χ4n) is 3.24. The molecule has 1 aromatic carbocycles. The zero-order valence-corrected chi connectivity index (χ0v) is 18.5. The maximum atomic E-state index is 13.0. The third kappa shape index (κ3) is 5.09. The van der Waals surface area contributed by atoms with Crippen molar-refractivity contribution in [3.63, 3.8) is 0 Å². The van der Waals surface area contributed by atoms with E-state index in [0.717, 1.165) is 42.7 Å². The van der Waals surface area contributed by atoms with Crippen LogP contribution in [0.2, 0.25) is 5.02 Å². The molecule has 1 saturated heterocycles. The summed E-state index contributed by atoms with van der Waals surface area (Å²) in [5, 5.41) is 1.81. The Kier molecular flexibility index (Phi) is 7.15. The average Bonchev–Trinajstić information content (AvgIpc) is 2.90. The van der Waals surface area contributed by atoms with Crippen LogP contribution in [-0.2, 0) is 21.3 Å². The SMILES string of the molecule is Cc1csc(=O)n1CCOC(=O)c1ccc(Cl)c(S(=O)(=O)N2CCCCCC2)c1. The lowest BCUT2D eigenvalue weighted by atomic mass is 10.2. The molecule has 2 heterocycles. The molecule has 2 aromatic rings. The summed E-state index contributed by atoms with van der Waals surface area (Å²) in [6, 6.07) is 4.11. The normalized spacial score (nSPS) is 15.8. The van der Waals surface area contributed by atoms with E-state index in [0.29, 0.717) is 13.1 Å². The molecule has 0 spiro atoms. The quantitative estimate of drug-likeness (QED) is 0.620. The molecule has 7 nitrogen and oxygen atoms in total. The zero-order valence-electron chi connectivity index (χ0n) is 16.1. The molecule has 0 radical (unpaired) electrons. The number of rotatable bonds is 6. The Morgan fingerprint density at radius 1 is 1.21 bits per heavy atom. The molecule has 10 heteroatoms. The van der Waals surface area contributed by atoms with Gasteiger partial charge in [-0.2, -0.15) is 4.31 Å². The molecule has 0 saturated carbocycles. The van der Waals surface area contributed by atoms with Crippen LogP contribution in [0, 0.1) is 6.92 Å². The molecule has 0 N–H and O–H groups in total. The first-order valence-corrected chi connectivity index (χ1v) is 12.1. The standard InChI is InChI=1S/C19H23ClN2O5S2/c1-14-13-28-19(24)22(14)10-11-27-18(23)15-6-7-16(20)17(12-15)29(25,26)21-8-4-2-3-5-9-21/h6-7,12-13H,2-5,8-11H2,1H3. The molecule has 0 amide bonds. The van der Waals surface area contributed by atoms with Crippen molar-refractivity contribution < 1.29 is 17.9 Å². The van der Waals surface area contributed by atoms with E-state index in [1.54, 1.807) is 12.3 Å². The summed E-state index contributed by atoms with van der Waals surface area (Å²) in [6.07, 6.45) is 3.61. The number of aryl methyl sites for hydroxylation is 1. The van der Waals surface area contributed by atoms with Gasteiger partial charge in [0.25, 0.3) is 0 Å². The van der Waals surface area contributed by atoms with Crippen molar-refractivity contribution >= 4 is 38.9 Å². The van der Waals surface area contributed by atoms with Crippen LogP contribution in [0.15, 0.2) is 33.3 Å². The van der Waals surface area contributed by atoms with Crippen molar-refractivity contribution in [2.75, 3.05) is 19.7 Å². The van der Waals surface area contributed by atoms with Crippen LogP contribution >= 0.6 is 22.9 Å². The molecule has 1 aromatic heterocycles. The smallest absolute Gasteiger partial charge is 0.338 e. The summed E-state index contributed by atoms with van der Waals surface area (Å²) in [5.74, 6) is -0.657. The van der Waals surface area contributed by atoms with Gasteiger partial charge in [-0.1, -0.05) is 35.8 Å². The average molecular weight is 459 g/mol. The second kappa shape index (κ2) is 9.42. The second-order valence-corrected chi connectivity index (χ2v) is 10.0. The van der Waals surface area contributed by atoms with Crippen LogP contribution in [0.3, 0.4) is 0 Å².